The van der Waals surface area contributed by atoms with Crippen LogP contribution < -0.4 is 10.1 Å². The molecule has 3 aromatic carbocycles. The highest BCUT2D eigenvalue weighted by atomic mass is 16.5. The Morgan fingerprint density at radius 1 is 0.972 bits per heavy atom. The van der Waals surface area contributed by atoms with Crippen molar-refractivity contribution in [3.8, 4) is 5.75 Å². The summed E-state index contributed by atoms with van der Waals surface area (Å²) in [6.45, 7) is 4.80. The third-order valence-electron chi connectivity index (χ3n) is 6.69. The molecule has 0 bridgehead atoms. The summed E-state index contributed by atoms with van der Waals surface area (Å²) < 4.78 is 13.0. The molecular weight excluding hydrogens is 452 g/mol. The number of fused-ring (bicyclic) bond motifs is 1. The zero-order valence-corrected chi connectivity index (χ0v) is 20.6. The topological polar surface area (TPSA) is 68.6 Å². The first-order valence-corrected chi connectivity index (χ1v) is 12.5. The zero-order chi connectivity index (χ0) is 24.7. The van der Waals surface area contributed by atoms with E-state index in [1.807, 2.05) is 59.3 Å². The summed E-state index contributed by atoms with van der Waals surface area (Å²) in [5.41, 5.74) is 3.48. The lowest BCUT2D eigenvalue weighted by Gasteiger charge is -2.26. The molecule has 1 amide bonds. The quantitative estimate of drug-likeness (QED) is 0.388. The van der Waals surface area contributed by atoms with Gasteiger partial charge >= 0.3 is 0 Å². The van der Waals surface area contributed by atoms with Gasteiger partial charge in [0.15, 0.2) is 5.69 Å². The minimum Gasteiger partial charge on any atom is -0.494 e. The third kappa shape index (κ3) is 5.42. The number of carbonyl (C=O) groups excluding carboxylic acids is 1. The molecule has 5 rings (SSSR count). The summed E-state index contributed by atoms with van der Waals surface area (Å²) in [5.74, 6) is 0.521. The van der Waals surface area contributed by atoms with Crippen molar-refractivity contribution < 1.29 is 14.3 Å². The SMILES string of the molecule is COc1cccc2c(C(=O)NC(Cc3ccccc3)c3ccccc3)nn(CCN3CCOCC3)c12. The van der Waals surface area contributed by atoms with Crippen LogP contribution in [0, 0.1) is 0 Å². The molecular formula is C29H32N4O3. The molecule has 1 saturated heterocycles. The van der Waals surface area contributed by atoms with Gasteiger partial charge in [-0.25, -0.2) is 0 Å². The number of carbonyl (C=O) groups is 1. The van der Waals surface area contributed by atoms with Gasteiger partial charge in [-0.2, -0.15) is 5.10 Å². The van der Waals surface area contributed by atoms with E-state index in [9.17, 15) is 4.79 Å². The standard InChI is InChI=1S/C29H32N4O3/c1-35-26-14-8-13-24-27(31-33(28(24)26)16-15-32-17-19-36-20-18-32)29(34)30-25(23-11-6-3-7-12-23)21-22-9-4-2-5-10-22/h2-14,25H,15-21H2,1H3,(H,30,34). The highest BCUT2D eigenvalue weighted by Crippen LogP contribution is 2.29. The fourth-order valence-electron chi connectivity index (χ4n) is 4.77. The van der Waals surface area contributed by atoms with E-state index in [0.717, 1.165) is 54.9 Å². The number of hydrogen-bond acceptors (Lipinski definition) is 5. The smallest absolute Gasteiger partial charge is 0.272 e. The number of aromatic nitrogens is 2. The Morgan fingerprint density at radius 2 is 1.69 bits per heavy atom. The van der Waals surface area contributed by atoms with Crippen molar-refractivity contribution in [2.24, 2.45) is 0 Å². The molecule has 1 atom stereocenters. The Labute approximate surface area is 211 Å². The van der Waals surface area contributed by atoms with E-state index >= 15 is 0 Å². The molecule has 1 aliphatic rings. The highest BCUT2D eigenvalue weighted by Gasteiger charge is 2.23. The molecule has 1 unspecified atom stereocenters. The van der Waals surface area contributed by atoms with Crippen LogP contribution in [-0.4, -0.2) is 60.5 Å². The number of ether oxygens (including phenoxy) is 2. The van der Waals surface area contributed by atoms with E-state index in [-0.39, 0.29) is 11.9 Å². The lowest BCUT2D eigenvalue weighted by atomic mass is 9.98. The lowest BCUT2D eigenvalue weighted by molar-refractivity contribution is 0.0361. The van der Waals surface area contributed by atoms with Crippen molar-refractivity contribution >= 4 is 16.8 Å². The van der Waals surface area contributed by atoms with Gasteiger partial charge in [-0.1, -0.05) is 72.8 Å². The molecule has 1 fully saturated rings. The second-order valence-corrected chi connectivity index (χ2v) is 9.01. The maximum Gasteiger partial charge on any atom is 0.272 e. The number of nitrogens with one attached hydrogen (secondary N) is 1. The largest absolute Gasteiger partial charge is 0.494 e. The summed E-state index contributed by atoms with van der Waals surface area (Å²) in [5, 5.41) is 8.86. The zero-order valence-electron chi connectivity index (χ0n) is 20.6. The van der Waals surface area contributed by atoms with Crippen molar-refractivity contribution in [1.29, 1.82) is 0 Å². The van der Waals surface area contributed by atoms with E-state index in [4.69, 9.17) is 14.6 Å². The number of nitrogens with zero attached hydrogens (tertiary/aromatic N) is 3. The summed E-state index contributed by atoms with van der Waals surface area (Å²) in [7, 11) is 1.65. The second kappa shape index (κ2) is 11.4. The number of amides is 1. The molecule has 0 saturated carbocycles. The molecule has 7 nitrogen and oxygen atoms in total. The number of benzene rings is 3. The number of methoxy groups -OCH3 is 1. The van der Waals surface area contributed by atoms with Crippen LogP contribution in [0.15, 0.2) is 78.9 Å². The van der Waals surface area contributed by atoms with Gasteiger partial charge in [0.2, 0.25) is 0 Å². The first kappa shape index (κ1) is 24.0. The normalized spacial score (nSPS) is 15.0. The molecule has 186 valence electrons. The van der Waals surface area contributed by atoms with Crippen LogP contribution in [-0.2, 0) is 17.7 Å². The maximum atomic E-state index is 13.7. The van der Waals surface area contributed by atoms with Crippen molar-refractivity contribution in [3.63, 3.8) is 0 Å². The van der Waals surface area contributed by atoms with Gasteiger partial charge in [-0.3, -0.25) is 14.4 Å². The average molecular weight is 485 g/mol. The van der Waals surface area contributed by atoms with Crippen molar-refractivity contribution in [2.45, 2.75) is 19.0 Å². The maximum absolute atomic E-state index is 13.7. The van der Waals surface area contributed by atoms with E-state index in [2.05, 4.69) is 34.5 Å². The Hall–Kier alpha value is -3.68. The Kier molecular flexibility index (Phi) is 7.59. The first-order chi connectivity index (χ1) is 17.7. The van der Waals surface area contributed by atoms with Crippen LogP contribution in [0.2, 0.25) is 0 Å². The highest BCUT2D eigenvalue weighted by molar-refractivity contribution is 6.06. The monoisotopic (exact) mass is 484 g/mol. The van der Waals surface area contributed by atoms with Crippen LogP contribution in [0.1, 0.15) is 27.7 Å². The van der Waals surface area contributed by atoms with Crippen LogP contribution >= 0.6 is 0 Å². The van der Waals surface area contributed by atoms with Crippen LogP contribution in [0.3, 0.4) is 0 Å². The van der Waals surface area contributed by atoms with Gasteiger partial charge in [0.05, 0.1) is 32.9 Å². The fourth-order valence-corrected chi connectivity index (χ4v) is 4.77. The Balaban J connectivity index is 1.44. The minimum atomic E-state index is -0.192. The Bertz CT molecular complexity index is 1280. The van der Waals surface area contributed by atoms with E-state index in [0.29, 0.717) is 24.4 Å². The van der Waals surface area contributed by atoms with Gasteiger partial charge in [0, 0.05) is 25.0 Å². The minimum absolute atomic E-state index is 0.180. The van der Waals surface area contributed by atoms with Gasteiger partial charge in [0.25, 0.3) is 5.91 Å². The predicted molar refractivity (Wildman–Crippen MR) is 140 cm³/mol. The lowest BCUT2D eigenvalue weighted by Crippen LogP contribution is -2.38. The number of hydrogen-bond donors (Lipinski definition) is 1. The van der Waals surface area contributed by atoms with E-state index < -0.39 is 0 Å². The molecule has 4 aromatic rings. The van der Waals surface area contributed by atoms with Gasteiger partial charge in [-0.15, -0.1) is 0 Å². The molecule has 1 aliphatic heterocycles. The molecule has 7 heteroatoms. The van der Waals surface area contributed by atoms with Crippen molar-refractivity contribution in [1.82, 2.24) is 20.0 Å². The van der Waals surface area contributed by atoms with Crippen molar-refractivity contribution in [2.75, 3.05) is 40.0 Å². The second-order valence-electron chi connectivity index (χ2n) is 9.01. The number of para-hydroxylation sites is 1. The molecule has 0 radical (unpaired) electrons. The Morgan fingerprint density at radius 3 is 2.42 bits per heavy atom. The first-order valence-electron chi connectivity index (χ1n) is 12.5. The van der Waals surface area contributed by atoms with Crippen LogP contribution in [0.25, 0.3) is 10.9 Å². The van der Waals surface area contributed by atoms with E-state index in [1.165, 1.54) is 0 Å². The van der Waals surface area contributed by atoms with Crippen LogP contribution in [0.4, 0.5) is 0 Å². The molecule has 1 N–H and O–H groups in total. The summed E-state index contributed by atoms with van der Waals surface area (Å²) in [4.78, 5) is 16.1. The molecule has 1 aromatic heterocycles. The summed E-state index contributed by atoms with van der Waals surface area (Å²) in [6, 6.07) is 25.9. The number of morpholine rings is 1. The molecule has 36 heavy (non-hydrogen) atoms. The third-order valence-corrected chi connectivity index (χ3v) is 6.69. The molecule has 0 spiro atoms. The fraction of sp³-hybridized carbons (Fsp3) is 0.310. The van der Waals surface area contributed by atoms with Gasteiger partial charge < -0.3 is 14.8 Å². The molecule has 2 heterocycles. The molecule has 0 aliphatic carbocycles. The summed E-state index contributed by atoms with van der Waals surface area (Å²) in [6.07, 6.45) is 0.690. The summed E-state index contributed by atoms with van der Waals surface area (Å²) >= 11 is 0. The van der Waals surface area contributed by atoms with E-state index in [1.54, 1.807) is 7.11 Å². The predicted octanol–water partition coefficient (Wildman–Crippen LogP) is 4.09. The van der Waals surface area contributed by atoms with Crippen molar-refractivity contribution in [3.05, 3.63) is 95.7 Å². The van der Waals surface area contributed by atoms with Crippen LogP contribution in [0.5, 0.6) is 5.75 Å². The average Bonchev–Trinajstić information content (AvgIpc) is 3.32. The van der Waals surface area contributed by atoms with Gasteiger partial charge in [-0.05, 0) is 23.6 Å². The number of rotatable bonds is 9. The van der Waals surface area contributed by atoms with Gasteiger partial charge in [0.1, 0.15) is 11.3 Å².